The standard InChI is InChI=1S/C15H24N2O2/c1-18-14-9-12-5-8-17(7-4-3-6-16)11-13(12)10-15(14)19-2/h9-10H,3-8,11,16H2,1-2H3. The van der Waals surface area contributed by atoms with Gasteiger partial charge in [0.15, 0.2) is 11.5 Å². The largest absolute Gasteiger partial charge is 0.493 e. The summed E-state index contributed by atoms with van der Waals surface area (Å²) in [4.78, 5) is 2.49. The maximum atomic E-state index is 5.54. The Balaban J connectivity index is 2.07. The topological polar surface area (TPSA) is 47.7 Å². The van der Waals surface area contributed by atoms with E-state index in [1.54, 1.807) is 14.2 Å². The Morgan fingerprint density at radius 2 is 1.79 bits per heavy atom. The molecule has 0 aromatic heterocycles. The van der Waals surface area contributed by atoms with Gasteiger partial charge in [-0.15, -0.1) is 0 Å². The summed E-state index contributed by atoms with van der Waals surface area (Å²) >= 11 is 0. The summed E-state index contributed by atoms with van der Waals surface area (Å²) < 4.78 is 10.7. The number of fused-ring (bicyclic) bond motifs is 1. The van der Waals surface area contributed by atoms with Crippen LogP contribution in [0.1, 0.15) is 24.0 Å². The van der Waals surface area contributed by atoms with Crippen molar-refractivity contribution in [1.82, 2.24) is 4.90 Å². The summed E-state index contributed by atoms with van der Waals surface area (Å²) in [5, 5.41) is 0. The number of nitrogens with zero attached hydrogens (tertiary/aromatic N) is 1. The summed E-state index contributed by atoms with van der Waals surface area (Å²) in [6, 6.07) is 4.23. The van der Waals surface area contributed by atoms with Crippen molar-refractivity contribution >= 4 is 0 Å². The Morgan fingerprint density at radius 3 is 2.42 bits per heavy atom. The quantitative estimate of drug-likeness (QED) is 0.796. The maximum absolute atomic E-state index is 5.54. The monoisotopic (exact) mass is 264 g/mol. The predicted molar refractivity (Wildman–Crippen MR) is 76.8 cm³/mol. The van der Waals surface area contributed by atoms with Gasteiger partial charge >= 0.3 is 0 Å². The SMILES string of the molecule is COc1cc2c(cc1OC)CN(CCCCN)CC2. The molecule has 1 aliphatic rings. The van der Waals surface area contributed by atoms with Crippen LogP contribution < -0.4 is 15.2 Å². The molecule has 0 aliphatic carbocycles. The van der Waals surface area contributed by atoms with Crippen molar-refractivity contribution in [3.8, 4) is 11.5 Å². The van der Waals surface area contributed by atoms with E-state index >= 15 is 0 Å². The molecule has 0 saturated carbocycles. The molecule has 0 bridgehead atoms. The molecule has 1 aromatic rings. The van der Waals surface area contributed by atoms with Crippen molar-refractivity contribution in [2.24, 2.45) is 5.73 Å². The van der Waals surface area contributed by atoms with Gasteiger partial charge in [0.25, 0.3) is 0 Å². The van der Waals surface area contributed by atoms with Crippen LogP contribution in [0.15, 0.2) is 12.1 Å². The molecule has 106 valence electrons. The molecular weight excluding hydrogens is 240 g/mol. The van der Waals surface area contributed by atoms with Crippen LogP contribution in [0.4, 0.5) is 0 Å². The molecule has 0 radical (unpaired) electrons. The van der Waals surface area contributed by atoms with E-state index in [-0.39, 0.29) is 0 Å². The lowest BCUT2D eigenvalue weighted by atomic mass is 9.98. The highest BCUT2D eigenvalue weighted by Crippen LogP contribution is 2.33. The lowest BCUT2D eigenvalue weighted by molar-refractivity contribution is 0.248. The molecule has 0 saturated heterocycles. The second-order valence-corrected chi connectivity index (χ2v) is 5.00. The molecule has 0 atom stereocenters. The van der Waals surface area contributed by atoms with Gasteiger partial charge < -0.3 is 15.2 Å². The minimum Gasteiger partial charge on any atom is -0.493 e. The van der Waals surface area contributed by atoms with Crippen LogP contribution in [0.5, 0.6) is 11.5 Å². The van der Waals surface area contributed by atoms with E-state index in [9.17, 15) is 0 Å². The average Bonchev–Trinajstić information content (AvgIpc) is 2.46. The predicted octanol–water partition coefficient (Wildman–Crippen LogP) is 1.80. The summed E-state index contributed by atoms with van der Waals surface area (Å²) in [6.07, 6.45) is 3.37. The van der Waals surface area contributed by atoms with E-state index < -0.39 is 0 Å². The molecule has 0 spiro atoms. The van der Waals surface area contributed by atoms with Crippen LogP contribution in [0.3, 0.4) is 0 Å². The molecule has 0 fully saturated rings. The van der Waals surface area contributed by atoms with Crippen LogP contribution in [0, 0.1) is 0 Å². The highest BCUT2D eigenvalue weighted by atomic mass is 16.5. The van der Waals surface area contributed by atoms with E-state index in [2.05, 4.69) is 17.0 Å². The zero-order valence-electron chi connectivity index (χ0n) is 11.9. The van der Waals surface area contributed by atoms with Crippen molar-refractivity contribution in [3.05, 3.63) is 23.3 Å². The van der Waals surface area contributed by atoms with Crippen molar-refractivity contribution in [2.45, 2.75) is 25.8 Å². The molecule has 0 unspecified atom stereocenters. The molecule has 4 nitrogen and oxygen atoms in total. The summed E-state index contributed by atoms with van der Waals surface area (Å²) in [6.45, 7) is 4.04. The van der Waals surface area contributed by atoms with Gasteiger partial charge in [-0.25, -0.2) is 0 Å². The second kappa shape index (κ2) is 6.78. The van der Waals surface area contributed by atoms with Crippen LogP contribution in [-0.4, -0.2) is 38.8 Å². The van der Waals surface area contributed by atoms with Crippen molar-refractivity contribution < 1.29 is 9.47 Å². The Kier molecular flexibility index (Phi) is 5.05. The number of ether oxygens (including phenoxy) is 2. The highest BCUT2D eigenvalue weighted by molar-refractivity contribution is 5.48. The number of nitrogens with two attached hydrogens (primary N) is 1. The molecule has 2 rings (SSSR count). The van der Waals surface area contributed by atoms with Gasteiger partial charge in [-0.3, -0.25) is 4.90 Å². The zero-order valence-corrected chi connectivity index (χ0v) is 11.9. The molecule has 1 aliphatic heterocycles. The first-order valence-corrected chi connectivity index (χ1v) is 6.94. The third-order valence-electron chi connectivity index (χ3n) is 3.73. The minimum atomic E-state index is 0.787. The summed E-state index contributed by atoms with van der Waals surface area (Å²) in [5.41, 5.74) is 8.28. The first-order valence-electron chi connectivity index (χ1n) is 6.94. The lowest BCUT2D eigenvalue weighted by Gasteiger charge is -2.29. The molecule has 19 heavy (non-hydrogen) atoms. The Hall–Kier alpha value is -1.26. The Labute approximate surface area is 115 Å². The van der Waals surface area contributed by atoms with Crippen molar-refractivity contribution in [2.75, 3.05) is 33.9 Å². The molecule has 1 aromatic carbocycles. The van der Waals surface area contributed by atoms with Gasteiger partial charge in [0.2, 0.25) is 0 Å². The normalized spacial score (nSPS) is 15.1. The van der Waals surface area contributed by atoms with Crippen molar-refractivity contribution in [1.29, 1.82) is 0 Å². The van der Waals surface area contributed by atoms with Crippen LogP contribution in [0.2, 0.25) is 0 Å². The number of hydrogen-bond acceptors (Lipinski definition) is 4. The average molecular weight is 264 g/mol. The third kappa shape index (κ3) is 3.39. The fraction of sp³-hybridized carbons (Fsp3) is 0.600. The summed E-state index contributed by atoms with van der Waals surface area (Å²) in [7, 11) is 3.37. The van der Waals surface area contributed by atoms with Crippen LogP contribution in [0.25, 0.3) is 0 Å². The van der Waals surface area contributed by atoms with Gasteiger partial charge in [-0.2, -0.15) is 0 Å². The van der Waals surface area contributed by atoms with Gasteiger partial charge in [0.05, 0.1) is 14.2 Å². The maximum Gasteiger partial charge on any atom is 0.161 e. The molecule has 1 heterocycles. The Morgan fingerprint density at radius 1 is 1.11 bits per heavy atom. The van der Waals surface area contributed by atoms with Crippen LogP contribution >= 0.6 is 0 Å². The van der Waals surface area contributed by atoms with Gasteiger partial charge in [-0.05, 0) is 55.6 Å². The van der Waals surface area contributed by atoms with E-state index in [1.807, 2.05) is 0 Å². The van der Waals surface area contributed by atoms with Crippen LogP contribution in [-0.2, 0) is 13.0 Å². The first-order chi connectivity index (χ1) is 9.28. The number of benzene rings is 1. The van der Waals surface area contributed by atoms with Gasteiger partial charge in [-0.1, -0.05) is 0 Å². The molecular formula is C15H24N2O2. The zero-order chi connectivity index (χ0) is 13.7. The fourth-order valence-corrected chi connectivity index (χ4v) is 2.61. The summed E-state index contributed by atoms with van der Waals surface area (Å²) in [5.74, 6) is 1.66. The fourth-order valence-electron chi connectivity index (χ4n) is 2.61. The van der Waals surface area contributed by atoms with Crippen molar-refractivity contribution in [3.63, 3.8) is 0 Å². The first kappa shape index (κ1) is 14.2. The number of hydrogen-bond donors (Lipinski definition) is 1. The van der Waals surface area contributed by atoms with Gasteiger partial charge in [0, 0.05) is 13.1 Å². The second-order valence-electron chi connectivity index (χ2n) is 5.00. The minimum absolute atomic E-state index is 0.787. The highest BCUT2D eigenvalue weighted by Gasteiger charge is 2.18. The van der Waals surface area contributed by atoms with E-state index in [4.69, 9.17) is 15.2 Å². The number of unbranched alkanes of at least 4 members (excludes halogenated alkanes) is 1. The third-order valence-corrected chi connectivity index (χ3v) is 3.73. The molecule has 4 heteroatoms. The lowest BCUT2D eigenvalue weighted by Crippen LogP contribution is -2.31. The smallest absolute Gasteiger partial charge is 0.161 e. The number of methoxy groups -OCH3 is 2. The molecule has 2 N–H and O–H groups in total. The van der Waals surface area contributed by atoms with E-state index in [0.29, 0.717) is 0 Å². The van der Waals surface area contributed by atoms with E-state index in [1.165, 1.54) is 17.5 Å². The molecule has 0 amide bonds. The number of rotatable bonds is 6. The Bertz CT molecular complexity index is 421. The van der Waals surface area contributed by atoms with E-state index in [0.717, 1.165) is 50.5 Å². The van der Waals surface area contributed by atoms with Gasteiger partial charge in [0.1, 0.15) is 0 Å².